The molecule has 1 aromatic rings. The normalized spacial score (nSPS) is 31.2. The van der Waals surface area contributed by atoms with Gasteiger partial charge < -0.3 is 5.32 Å². The molecule has 2 rings (SSSR count). The van der Waals surface area contributed by atoms with E-state index in [1.54, 1.807) is 13.8 Å². The van der Waals surface area contributed by atoms with Crippen LogP contribution in [0.1, 0.15) is 37.9 Å². The van der Waals surface area contributed by atoms with Gasteiger partial charge in [-0.05, 0) is 31.4 Å². The summed E-state index contributed by atoms with van der Waals surface area (Å²) < 4.78 is 24.4. The monoisotopic (exact) mass is 267 g/mol. The van der Waals surface area contributed by atoms with Gasteiger partial charge in [-0.1, -0.05) is 31.2 Å². The van der Waals surface area contributed by atoms with E-state index in [-0.39, 0.29) is 16.5 Å². The maximum Gasteiger partial charge on any atom is 0.158 e. The van der Waals surface area contributed by atoms with E-state index in [0.717, 1.165) is 12.0 Å². The zero-order valence-electron chi connectivity index (χ0n) is 11.2. The molecule has 1 N–H and O–H groups in total. The largest absolute Gasteiger partial charge is 0.308 e. The van der Waals surface area contributed by atoms with Crippen molar-refractivity contribution in [2.75, 3.05) is 6.54 Å². The molecule has 4 heteroatoms. The highest BCUT2D eigenvalue weighted by Crippen LogP contribution is 2.28. The molecular weight excluding hydrogens is 246 g/mol. The minimum Gasteiger partial charge on any atom is -0.308 e. The third-order valence-electron chi connectivity index (χ3n) is 3.92. The number of hydrogen-bond donors (Lipinski definition) is 1. The van der Waals surface area contributed by atoms with Crippen molar-refractivity contribution in [3.63, 3.8) is 0 Å². The smallest absolute Gasteiger partial charge is 0.158 e. The van der Waals surface area contributed by atoms with E-state index in [1.807, 2.05) is 12.1 Å². The van der Waals surface area contributed by atoms with Crippen LogP contribution in [0.2, 0.25) is 0 Å². The molecule has 1 saturated heterocycles. The van der Waals surface area contributed by atoms with Crippen LogP contribution in [0.3, 0.4) is 0 Å². The molecule has 3 atom stereocenters. The molecule has 0 aliphatic carbocycles. The quantitative estimate of drug-likeness (QED) is 0.892. The maximum atomic E-state index is 12.2. The second-order valence-electron chi connectivity index (χ2n) is 5.09. The molecule has 0 radical (unpaired) electrons. The molecule has 1 aliphatic heterocycles. The molecule has 1 aromatic carbocycles. The Labute approximate surface area is 110 Å². The summed E-state index contributed by atoms with van der Waals surface area (Å²) in [5.41, 5.74) is 2.34. The molecule has 0 amide bonds. The number of rotatable bonds is 2. The predicted molar refractivity (Wildman–Crippen MR) is 74.4 cm³/mol. The van der Waals surface area contributed by atoms with Gasteiger partial charge in [0.05, 0.1) is 10.5 Å². The van der Waals surface area contributed by atoms with E-state index in [4.69, 9.17) is 0 Å². The lowest BCUT2D eigenvalue weighted by Gasteiger charge is -2.34. The summed E-state index contributed by atoms with van der Waals surface area (Å²) in [6, 6.07) is 8.15. The van der Waals surface area contributed by atoms with Gasteiger partial charge in [0.2, 0.25) is 0 Å². The Kier molecular flexibility index (Phi) is 3.78. The van der Waals surface area contributed by atoms with Gasteiger partial charge in [0.25, 0.3) is 0 Å². The molecule has 1 aliphatic rings. The van der Waals surface area contributed by atoms with Crippen molar-refractivity contribution in [2.24, 2.45) is 0 Å². The van der Waals surface area contributed by atoms with Gasteiger partial charge >= 0.3 is 0 Å². The van der Waals surface area contributed by atoms with Crippen LogP contribution in [0.5, 0.6) is 0 Å². The first-order valence-electron chi connectivity index (χ1n) is 6.51. The van der Waals surface area contributed by atoms with Gasteiger partial charge in [-0.15, -0.1) is 0 Å². The van der Waals surface area contributed by atoms with Crippen LogP contribution in [0.15, 0.2) is 24.3 Å². The number of hydrogen-bond acceptors (Lipinski definition) is 3. The number of nitrogens with one attached hydrogen (secondary N) is 1. The lowest BCUT2D eigenvalue weighted by molar-refractivity contribution is 0.458. The summed E-state index contributed by atoms with van der Waals surface area (Å²) in [6.07, 6.45) is 1.00. The van der Waals surface area contributed by atoms with E-state index < -0.39 is 9.84 Å². The second kappa shape index (κ2) is 5.02. The third-order valence-corrected chi connectivity index (χ3v) is 6.52. The first-order valence-corrected chi connectivity index (χ1v) is 8.12. The van der Waals surface area contributed by atoms with Gasteiger partial charge in [-0.25, -0.2) is 8.42 Å². The molecular formula is C14H21NO2S. The molecule has 100 valence electrons. The fourth-order valence-electron chi connectivity index (χ4n) is 2.48. The first kappa shape index (κ1) is 13.6. The molecule has 0 saturated carbocycles. The molecule has 0 spiro atoms. The fraction of sp³-hybridized carbons (Fsp3) is 0.571. The summed E-state index contributed by atoms with van der Waals surface area (Å²) in [5, 5.41) is 2.69. The van der Waals surface area contributed by atoms with Crippen molar-refractivity contribution in [1.29, 1.82) is 0 Å². The van der Waals surface area contributed by atoms with E-state index in [1.165, 1.54) is 5.56 Å². The molecule has 3 unspecified atom stereocenters. The maximum absolute atomic E-state index is 12.2. The Morgan fingerprint density at radius 3 is 2.39 bits per heavy atom. The predicted octanol–water partition coefficient (Wildman–Crippen LogP) is 2.09. The topological polar surface area (TPSA) is 46.2 Å². The van der Waals surface area contributed by atoms with Crippen molar-refractivity contribution in [3.8, 4) is 0 Å². The van der Waals surface area contributed by atoms with E-state index in [9.17, 15) is 8.42 Å². The van der Waals surface area contributed by atoms with Gasteiger partial charge in [0.15, 0.2) is 9.84 Å². The third kappa shape index (κ3) is 2.31. The van der Waals surface area contributed by atoms with E-state index in [2.05, 4.69) is 24.4 Å². The van der Waals surface area contributed by atoms with Crippen LogP contribution in [0.25, 0.3) is 0 Å². The Morgan fingerprint density at radius 2 is 1.83 bits per heavy atom. The number of benzene rings is 1. The van der Waals surface area contributed by atoms with Crippen molar-refractivity contribution >= 4 is 9.84 Å². The van der Waals surface area contributed by atoms with Crippen LogP contribution in [0, 0.1) is 0 Å². The van der Waals surface area contributed by atoms with Crippen LogP contribution in [0.4, 0.5) is 0 Å². The Morgan fingerprint density at radius 1 is 1.22 bits per heavy atom. The summed E-state index contributed by atoms with van der Waals surface area (Å²) in [7, 11) is -3.02. The van der Waals surface area contributed by atoms with Gasteiger partial charge in [0.1, 0.15) is 0 Å². The summed E-state index contributed by atoms with van der Waals surface area (Å²) in [6.45, 7) is 6.22. The van der Waals surface area contributed by atoms with Crippen molar-refractivity contribution in [2.45, 2.75) is 43.7 Å². The number of sulfone groups is 1. The minimum atomic E-state index is -3.02. The molecule has 18 heavy (non-hydrogen) atoms. The Balaban J connectivity index is 2.28. The zero-order chi connectivity index (χ0) is 13.3. The van der Waals surface area contributed by atoms with Crippen LogP contribution in [-0.2, 0) is 16.3 Å². The highest BCUT2D eigenvalue weighted by Gasteiger charge is 2.38. The molecule has 1 heterocycles. The standard InChI is InChI=1S/C14H21NO2S/c1-4-12-5-7-13(8-6-12)14-11(3)18(16,17)10(2)9-15-14/h5-8,10-11,14-15H,4,9H2,1-3H3. The van der Waals surface area contributed by atoms with Gasteiger partial charge in [-0.2, -0.15) is 0 Å². The van der Waals surface area contributed by atoms with Crippen LogP contribution < -0.4 is 5.32 Å². The highest BCUT2D eigenvalue weighted by atomic mass is 32.2. The average Bonchev–Trinajstić information content (AvgIpc) is 2.37. The molecule has 0 bridgehead atoms. The van der Waals surface area contributed by atoms with Crippen molar-refractivity contribution in [1.82, 2.24) is 5.32 Å². The molecule has 1 fully saturated rings. The lowest BCUT2D eigenvalue weighted by Crippen LogP contribution is -2.49. The van der Waals surface area contributed by atoms with Crippen LogP contribution >= 0.6 is 0 Å². The minimum absolute atomic E-state index is 0.0860. The lowest BCUT2D eigenvalue weighted by atomic mass is 10.0. The number of aryl methyl sites for hydroxylation is 1. The summed E-state index contributed by atoms with van der Waals surface area (Å²) in [4.78, 5) is 0. The zero-order valence-corrected chi connectivity index (χ0v) is 12.0. The van der Waals surface area contributed by atoms with Gasteiger partial charge in [0, 0.05) is 12.6 Å². The summed E-state index contributed by atoms with van der Waals surface area (Å²) >= 11 is 0. The highest BCUT2D eigenvalue weighted by molar-refractivity contribution is 7.92. The summed E-state index contributed by atoms with van der Waals surface area (Å²) in [5.74, 6) is 0. The fourth-order valence-corrected chi connectivity index (χ4v) is 4.17. The Bertz CT molecular complexity index is 507. The van der Waals surface area contributed by atoms with E-state index in [0.29, 0.717) is 6.54 Å². The first-order chi connectivity index (χ1) is 8.46. The molecule has 3 nitrogen and oxygen atoms in total. The SMILES string of the molecule is CCc1ccc(C2NCC(C)S(=O)(=O)C2C)cc1. The van der Waals surface area contributed by atoms with Crippen LogP contribution in [-0.4, -0.2) is 25.5 Å². The Hall–Kier alpha value is -0.870. The van der Waals surface area contributed by atoms with Crippen molar-refractivity contribution < 1.29 is 8.42 Å². The second-order valence-corrected chi connectivity index (χ2v) is 7.81. The van der Waals surface area contributed by atoms with Crippen molar-refractivity contribution in [3.05, 3.63) is 35.4 Å². The van der Waals surface area contributed by atoms with Gasteiger partial charge in [-0.3, -0.25) is 0 Å². The molecule has 0 aromatic heterocycles. The average molecular weight is 267 g/mol. The van der Waals surface area contributed by atoms with E-state index >= 15 is 0 Å².